The Balaban J connectivity index is 1.57. The van der Waals surface area contributed by atoms with Crippen LogP contribution in [0.25, 0.3) is 0 Å². The molecule has 1 aliphatic heterocycles. The molecule has 3 rings (SSSR count). The largest absolute Gasteiger partial charge is 0.486 e. The lowest BCUT2D eigenvalue weighted by Gasteiger charge is -2.18. The van der Waals surface area contributed by atoms with E-state index in [1.54, 1.807) is 25.3 Å². The van der Waals surface area contributed by atoms with Gasteiger partial charge < -0.3 is 24.1 Å². The molecule has 0 saturated heterocycles. The smallest absolute Gasteiger partial charge is 0.232 e. The van der Waals surface area contributed by atoms with Crippen molar-refractivity contribution in [2.45, 2.75) is 12.8 Å². The minimum atomic E-state index is -0.235. The molecule has 1 aromatic heterocycles. The number of nitrogens with zero attached hydrogens (tertiary/aromatic N) is 2. The van der Waals surface area contributed by atoms with Crippen LogP contribution < -0.4 is 14.8 Å². The minimum Gasteiger partial charge on any atom is -0.486 e. The van der Waals surface area contributed by atoms with E-state index in [9.17, 15) is 4.79 Å². The third kappa shape index (κ3) is 3.98. The van der Waals surface area contributed by atoms with Gasteiger partial charge in [-0.3, -0.25) is 4.79 Å². The number of methoxy groups -OCH3 is 1. The first-order valence-corrected chi connectivity index (χ1v) is 7.24. The summed E-state index contributed by atoms with van der Waals surface area (Å²) in [6, 6.07) is 5.25. The van der Waals surface area contributed by atoms with Gasteiger partial charge in [-0.25, -0.2) is 0 Å². The number of ether oxygens (including phenoxy) is 3. The van der Waals surface area contributed by atoms with E-state index in [4.69, 9.17) is 18.7 Å². The number of carbonyl (C=O) groups is 1. The second kappa shape index (κ2) is 7.10. The van der Waals surface area contributed by atoms with Crippen LogP contribution >= 0.6 is 0 Å². The number of rotatable bonds is 6. The average molecular weight is 319 g/mol. The monoisotopic (exact) mass is 319 g/mol. The van der Waals surface area contributed by atoms with Crippen molar-refractivity contribution in [1.29, 1.82) is 0 Å². The van der Waals surface area contributed by atoms with Crippen molar-refractivity contribution in [3.05, 3.63) is 29.9 Å². The quantitative estimate of drug-likeness (QED) is 0.855. The van der Waals surface area contributed by atoms with Gasteiger partial charge in [-0.15, -0.1) is 0 Å². The second-order valence-electron chi connectivity index (χ2n) is 4.93. The molecule has 1 amide bonds. The van der Waals surface area contributed by atoms with E-state index >= 15 is 0 Å². The lowest BCUT2D eigenvalue weighted by Crippen LogP contribution is -2.17. The zero-order valence-corrected chi connectivity index (χ0v) is 12.7. The van der Waals surface area contributed by atoms with E-state index in [0.29, 0.717) is 55.1 Å². The van der Waals surface area contributed by atoms with Crippen LogP contribution in [0.4, 0.5) is 5.69 Å². The lowest BCUT2D eigenvalue weighted by atomic mass is 10.2. The Kier molecular flexibility index (Phi) is 4.72. The highest BCUT2D eigenvalue weighted by Crippen LogP contribution is 2.32. The summed E-state index contributed by atoms with van der Waals surface area (Å²) in [6.45, 7) is 1.52. The first-order chi connectivity index (χ1) is 11.2. The molecule has 0 atom stereocenters. The molecule has 1 N–H and O–H groups in total. The molecule has 122 valence electrons. The standard InChI is InChI=1S/C15H17N3O5/c1-20-5-4-15-17-13(18-23-15)9-14(19)16-10-2-3-11-12(8-10)22-7-6-21-11/h2-3,8H,4-7,9H2,1H3,(H,16,19). The van der Waals surface area contributed by atoms with Crippen LogP contribution in [-0.2, 0) is 22.4 Å². The number of hydrogen-bond acceptors (Lipinski definition) is 7. The molecular formula is C15H17N3O5. The number of carbonyl (C=O) groups excluding carboxylic acids is 1. The number of anilines is 1. The van der Waals surface area contributed by atoms with Crippen LogP contribution in [0.1, 0.15) is 11.7 Å². The molecule has 0 fully saturated rings. The van der Waals surface area contributed by atoms with Crippen LogP contribution in [-0.4, -0.2) is 43.0 Å². The number of hydrogen-bond donors (Lipinski definition) is 1. The van der Waals surface area contributed by atoms with Gasteiger partial charge in [0, 0.05) is 18.9 Å². The molecule has 2 heterocycles. The third-order valence-corrected chi connectivity index (χ3v) is 3.17. The van der Waals surface area contributed by atoms with Crippen LogP contribution in [0.3, 0.4) is 0 Å². The SMILES string of the molecule is COCCc1nc(CC(=O)Nc2ccc3c(c2)OCCO3)no1. The maximum atomic E-state index is 12.0. The van der Waals surface area contributed by atoms with Gasteiger partial charge in [0.2, 0.25) is 11.8 Å². The maximum Gasteiger partial charge on any atom is 0.232 e. The third-order valence-electron chi connectivity index (χ3n) is 3.17. The summed E-state index contributed by atoms with van der Waals surface area (Å²) in [6.07, 6.45) is 0.554. The molecule has 0 unspecified atom stereocenters. The van der Waals surface area contributed by atoms with E-state index < -0.39 is 0 Å². The molecule has 0 spiro atoms. The molecule has 0 bridgehead atoms. The topological polar surface area (TPSA) is 95.7 Å². The number of fused-ring (bicyclic) bond motifs is 1. The van der Waals surface area contributed by atoms with Crippen molar-refractivity contribution in [2.24, 2.45) is 0 Å². The van der Waals surface area contributed by atoms with Gasteiger partial charge >= 0.3 is 0 Å². The van der Waals surface area contributed by atoms with Gasteiger partial charge in [-0.2, -0.15) is 4.98 Å². The molecule has 23 heavy (non-hydrogen) atoms. The molecule has 0 aliphatic carbocycles. The Labute approximate surface area is 132 Å². The number of amides is 1. The van der Waals surface area contributed by atoms with Crippen molar-refractivity contribution in [3.8, 4) is 11.5 Å². The van der Waals surface area contributed by atoms with Crippen LogP contribution in [0, 0.1) is 0 Å². The van der Waals surface area contributed by atoms with Gasteiger partial charge in [0.05, 0.1) is 19.4 Å². The van der Waals surface area contributed by atoms with E-state index in [-0.39, 0.29) is 12.3 Å². The zero-order chi connectivity index (χ0) is 16.1. The number of nitrogens with one attached hydrogen (secondary N) is 1. The summed E-state index contributed by atoms with van der Waals surface area (Å²) >= 11 is 0. The lowest BCUT2D eigenvalue weighted by molar-refractivity contribution is -0.115. The normalized spacial score (nSPS) is 12.9. The first kappa shape index (κ1) is 15.3. The summed E-state index contributed by atoms with van der Waals surface area (Å²) in [4.78, 5) is 16.2. The van der Waals surface area contributed by atoms with E-state index in [2.05, 4.69) is 15.5 Å². The Morgan fingerprint density at radius 1 is 1.30 bits per heavy atom. The van der Waals surface area contributed by atoms with Crippen LogP contribution in [0.5, 0.6) is 11.5 Å². The van der Waals surface area contributed by atoms with Crippen LogP contribution in [0.15, 0.2) is 22.7 Å². The molecule has 0 saturated carbocycles. The fraction of sp³-hybridized carbons (Fsp3) is 0.400. The Morgan fingerprint density at radius 3 is 2.96 bits per heavy atom. The molecule has 1 aromatic carbocycles. The summed E-state index contributed by atoms with van der Waals surface area (Å²) in [5, 5.41) is 6.55. The zero-order valence-electron chi connectivity index (χ0n) is 12.7. The molecule has 0 radical (unpaired) electrons. The predicted molar refractivity (Wildman–Crippen MR) is 79.6 cm³/mol. The highest BCUT2D eigenvalue weighted by Gasteiger charge is 2.14. The van der Waals surface area contributed by atoms with Crippen molar-refractivity contribution in [3.63, 3.8) is 0 Å². The molecule has 8 heteroatoms. The van der Waals surface area contributed by atoms with Gasteiger partial charge in [-0.05, 0) is 12.1 Å². The number of aromatic nitrogens is 2. The molecular weight excluding hydrogens is 302 g/mol. The summed E-state index contributed by atoms with van der Waals surface area (Å²) < 4.78 is 20.9. The van der Waals surface area contributed by atoms with Crippen molar-refractivity contribution >= 4 is 11.6 Å². The highest BCUT2D eigenvalue weighted by atomic mass is 16.6. The average Bonchev–Trinajstić information content (AvgIpc) is 3.00. The summed E-state index contributed by atoms with van der Waals surface area (Å²) in [7, 11) is 1.60. The van der Waals surface area contributed by atoms with Gasteiger partial charge in [0.25, 0.3) is 0 Å². The first-order valence-electron chi connectivity index (χ1n) is 7.24. The molecule has 8 nitrogen and oxygen atoms in total. The fourth-order valence-corrected chi connectivity index (χ4v) is 2.12. The van der Waals surface area contributed by atoms with Gasteiger partial charge in [0.15, 0.2) is 17.3 Å². The van der Waals surface area contributed by atoms with Gasteiger partial charge in [-0.1, -0.05) is 5.16 Å². The fourth-order valence-electron chi connectivity index (χ4n) is 2.12. The minimum absolute atomic E-state index is 0.0327. The van der Waals surface area contributed by atoms with Crippen molar-refractivity contribution < 1.29 is 23.5 Å². The highest BCUT2D eigenvalue weighted by molar-refractivity contribution is 5.92. The molecule has 2 aromatic rings. The summed E-state index contributed by atoms with van der Waals surface area (Å²) in [5.74, 6) is 1.85. The van der Waals surface area contributed by atoms with Gasteiger partial charge in [0.1, 0.15) is 13.2 Å². The Hall–Kier alpha value is -2.61. The van der Waals surface area contributed by atoms with Crippen molar-refractivity contribution in [2.75, 3.05) is 32.2 Å². The second-order valence-corrected chi connectivity index (χ2v) is 4.93. The number of benzene rings is 1. The van der Waals surface area contributed by atoms with E-state index in [1.807, 2.05) is 0 Å². The van der Waals surface area contributed by atoms with Crippen molar-refractivity contribution in [1.82, 2.24) is 10.1 Å². The maximum absolute atomic E-state index is 12.0. The van der Waals surface area contributed by atoms with E-state index in [0.717, 1.165) is 0 Å². The summed E-state index contributed by atoms with van der Waals surface area (Å²) in [5.41, 5.74) is 0.627. The Morgan fingerprint density at radius 2 is 2.13 bits per heavy atom. The predicted octanol–water partition coefficient (Wildman–Crippen LogP) is 1.21. The molecule has 1 aliphatic rings. The Bertz CT molecular complexity index is 686. The van der Waals surface area contributed by atoms with Crippen LogP contribution in [0.2, 0.25) is 0 Å². The van der Waals surface area contributed by atoms with E-state index in [1.165, 1.54) is 0 Å².